The molecule has 0 fully saturated rings. The van der Waals surface area contributed by atoms with E-state index in [4.69, 9.17) is 16.3 Å². The van der Waals surface area contributed by atoms with Gasteiger partial charge in [0.2, 0.25) is 0 Å². The molecule has 0 spiro atoms. The maximum Gasteiger partial charge on any atom is 0.279 e. The molecule has 0 heterocycles. The monoisotopic (exact) mass is 415 g/mol. The number of methoxy groups -OCH3 is 1. The first-order chi connectivity index (χ1) is 14.0. The highest BCUT2D eigenvalue weighted by atomic mass is 35.5. The number of para-hydroxylation sites is 2. The molecule has 0 saturated heterocycles. The van der Waals surface area contributed by atoms with Crippen molar-refractivity contribution >= 4 is 34.8 Å². The topological polar surface area (TPSA) is 95.7 Å². The van der Waals surface area contributed by atoms with Crippen LogP contribution in [0.15, 0.2) is 42.5 Å². The number of nitriles is 1. The standard InChI is InChI=1S/C21H23ClN4O3/c1-3-10-26(13-20(27)24-17-6-4-5-7-19(17)29-2)14-21(28)25-18-11-16(22)9-8-15(18)12-23/h4-9,11H,3,10,13-14H2,1-2H3,(H,24,27)(H,25,28)/p+1. The van der Waals surface area contributed by atoms with Crippen molar-refractivity contribution in [3.63, 3.8) is 0 Å². The summed E-state index contributed by atoms with van der Waals surface area (Å²) in [7, 11) is 1.54. The van der Waals surface area contributed by atoms with Crippen LogP contribution in [0.3, 0.4) is 0 Å². The molecule has 29 heavy (non-hydrogen) atoms. The lowest BCUT2D eigenvalue weighted by Gasteiger charge is -2.19. The lowest BCUT2D eigenvalue weighted by Crippen LogP contribution is -3.14. The van der Waals surface area contributed by atoms with Crippen LogP contribution in [0.4, 0.5) is 11.4 Å². The summed E-state index contributed by atoms with van der Waals surface area (Å²) in [6.07, 6.45) is 0.811. The van der Waals surface area contributed by atoms with Crippen molar-refractivity contribution in [3.8, 4) is 11.8 Å². The van der Waals surface area contributed by atoms with Crippen molar-refractivity contribution in [1.82, 2.24) is 0 Å². The highest BCUT2D eigenvalue weighted by Crippen LogP contribution is 2.22. The Morgan fingerprint density at radius 2 is 1.76 bits per heavy atom. The van der Waals surface area contributed by atoms with Crippen molar-refractivity contribution in [3.05, 3.63) is 53.1 Å². The first-order valence-electron chi connectivity index (χ1n) is 9.22. The molecule has 7 nitrogen and oxygen atoms in total. The van der Waals surface area contributed by atoms with E-state index in [1.54, 1.807) is 30.3 Å². The Kier molecular flexibility index (Phi) is 8.46. The number of amides is 2. The Bertz CT molecular complexity index is 911. The van der Waals surface area contributed by atoms with Gasteiger partial charge in [0.05, 0.1) is 30.6 Å². The number of ether oxygens (including phenoxy) is 1. The van der Waals surface area contributed by atoms with Crippen LogP contribution < -0.4 is 20.3 Å². The van der Waals surface area contributed by atoms with Crippen LogP contribution in [-0.4, -0.2) is 38.6 Å². The van der Waals surface area contributed by atoms with Gasteiger partial charge in [0.25, 0.3) is 11.8 Å². The van der Waals surface area contributed by atoms with Gasteiger partial charge in [-0.25, -0.2) is 0 Å². The average molecular weight is 416 g/mol. The minimum Gasteiger partial charge on any atom is -0.495 e. The molecule has 0 saturated carbocycles. The summed E-state index contributed by atoms with van der Waals surface area (Å²) < 4.78 is 5.24. The highest BCUT2D eigenvalue weighted by molar-refractivity contribution is 6.31. The van der Waals surface area contributed by atoms with Gasteiger partial charge in [-0.3, -0.25) is 9.59 Å². The summed E-state index contributed by atoms with van der Waals surface area (Å²) >= 11 is 5.95. The summed E-state index contributed by atoms with van der Waals surface area (Å²) in [5, 5.41) is 15.1. The van der Waals surface area contributed by atoms with E-state index in [1.165, 1.54) is 13.2 Å². The van der Waals surface area contributed by atoms with Crippen molar-refractivity contribution in [1.29, 1.82) is 5.26 Å². The molecule has 3 N–H and O–H groups in total. The molecule has 0 aromatic heterocycles. The fraction of sp³-hybridized carbons (Fsp3) is 0.286. The Morgan fingerprint density at radius 1 is 1.10 bits per heavy atom. The molecule has 2 aromatic carbocycles. The van der Waals surface area contributed by atoms with Crippen molar-refractivity contribution in [2.45, 2.75) is 13.3 Å². The second-order valence-electron chi connectivity index (χ2n) is 6.45. The number of anilines is 2. The van der Waals surface area contributed by atoms with Gasteiger partial charge in [0, 0.05) is 5.02 Å². The van der Waals surface area contributed by atoms with Crippen LogP contribution in [0.1, 0.15) is 18.9 Å². The number of halogens is 1. The summed E-state index contributed by atoms with van der Waals surface area (Å²) in [5.74, 6) is 0.0594. The van der Waals surface area contributed by atoms with Gasteiger partial charge in [-0.05, 0) is 36.8 Å². The fourth-order valence-electron chi connectivity index (χ4n) is 2.90. The third kappa shape index (κ3) is 6.79. The zero-order valence-corrected chi connectivity index (χ0v) is 17.2. The van der Waals surface area contributed by atoms with E-state index >= 15 is 0 Å². The fourth-order valence-corrected chi connectivity index (χ4v) is 3.07. The number of hydrogen-bond donors (Lipinski definition) is 3. The van der Waals surface area contributed by atoms with Gasteiger partial charge in [-0.1, -0.05) is 30.7 Å². The normalized spacial score (nSPS) is 11.2. The van der Waals surface area contributed by atoms with Crippen molar-refractivity contribution in [2.24, 2.45) is 0 Å². The number of nitrogens with zero attached hydrogens (tertiary/aromatic N) is 1. The SMILES string of the molecule is CCC[NH+](CC(=O)Nc1cc(Cl)ccc1C#N)CC(=O)Nc1ccccc1OC. The molecule has 2 aromatic rings. The first kappa shape index (κ1) is 22.2. The van der Waals surface area contributed by atoms with E-state index in [9.17, 15) is 14.9 Å². The number of carbonyl (C=O) groups is 2. The number of carbonyl (C=O) groups excluding carboxylic acids is 2. The van der Waals surface area contributed by atoms with Crippen LogP contribution in [0, 0.1) is 11.3 Å². The molecule has 0 aliphatic carbocycles. The van der Waals surface area contributed by atoms with Crippen LogP contribution in [0.2, 0.25) is 5.02 Å². The molecule has 8 heteroatoms. The van der Waals surface area contributed by atoms with Gasteiger partial charge in [0.15, 0.2) is 13.1 Å². The summed E-state index contributed by atoms with van der Waals surface area (Å²) in [6.45, 7) is 2.85. The second kappa shape index (κ2) is 11.1. The van der Waals surface area contributed by atoms with E-state index in [0.717, 1.165) is 11.3 Å². The zero-order valence-electron chi connectivity index (χ0n) is 16.4. The highest BCUT2D eigenvalue weighted by Gasteiger charge is 2.19. The van der Waals surface area contributed by atoms with E-state index in [1.807, 2.05) is 19.1 Å². The third-order valence-electron chi connectivity index (χ3n) is 4.18. The predicted octanol–water partition coefficient (Wildman–Crippen LogP) is 2.09. The first-order valence-corrected chi connectivity index (χ1v) is 9.60. The smallest absolute Gasteiger partial charge is 0.279 e. The number of nitrogens with one attached hydrogen (secondary N) is 3. The lowest BCUT2D eigenvalue weighted by molar-refractivity contribution is -0.883. The van der Waals surface area contributed by atoms with Crippen LogP contribution >= 0.6 is 11.6 Å². The summed E-state index contributed by atoms with van der Waals surface area (Å²) in [4.78, 5) is 25.8. The van der Waals surface area contributed by atoms with Crippen molar-refractivity contribution < 1.29 is 19.2 Å². The van der Waals surface area contributed by atoms with E-state index in [0.29, 0.717) is 34.3 Å². The number of benzene rings is 2. The molecule has 1 atom stereocenters. The van der Waals surface area contributed by atoms with Crippen LogP contribution in [0.25, 0.3) is 0 Å². The molecule has 0 radical (unpaired) electrons. The Labute approximate surface area is 175 Å². The maximum atomic E-state index is 12.5. The molecule has 2 rings (SSSR count). The molecule has 0 bridgehead atoms. The minimum absolute atomic E-state index is 0.0879. The van der Waals surface area contributed by atoms with Crippen molar-refractivity contribution in [2.75, 3.05) is 37.4 Å². The molecule has 0 aliphatic heterocycles. The minimum atomic E-state index is -0.294. The van der Waals surface area contributed by atoms with Gasteiger partial charge in [0.1, 0.15) is 11.8 Å². The molecule has 152 valence electrons. The van der Waals surface area contributed by atoms with E-state index < -0.39 is 0 Å². The number of rotatable bonds is 9. The van der Waals surface area contributed by atoms with Gasteiger partial charge in [-0.15, -0.1) is 0 Å². The second-order valence-corrected chi connectivity index (χ2v) is 6.89. The van der Waals surface area contributed by atoms with Gasteiger partial charge in [-0.2, -0.15) is 5.26 Å². The average Bonchev–Trinajstić information content (AvgIpc) is 2.68. The van der Waals surface area contributed by atoms with Gasteiger partial charge < -0.3 is 20.3 Å². The molecular formula is C21H24ClN4O3+. The molecule has 1 unspecified atom stereocenters. The quantitative estimate of drug-likeness (QED) is 0.584. The lowest BCUT2D eigenvalue weighted by atomic mass is 10.2. The molecule has 2 amide bonds. The van der Waals surface area contributed by atoms with Crippen LogP contribution in [0.5, 0.6) is 5.75 Å². The number of quaternary nitrogens is 1. The van der Waals surface area contributed by atoms with E-state index in [2.05, 4.69) is 10.6 Å². The van der Waals surface area contributed by atoms with Gasteiger partial charge >= 0.3 is 0 Å². The Morgan fingerprint density at radius 3 is 2.38 bits per heavy atom. The zero-order chi connectivity index (χ0) is 21.2. The van der Waals surface area contributed by atoms with Crippen LogP contribution in [-0.2, 0) is 9.59 Å². The largest absolute Gasteiger partial charge is 0.495 e. The Balaban J connectivity index is 2.00. The third-order valence-corrected chi connectivity index (χ3v) is 4.42. The molecule has 0 aliphatic rings. The summed E-state index contributed by atoms with van der Waals surface area (Å²) in [5.41, 5.74) is 1.27. The maximum absolute atomic E-state index is 12.5. The summed E-state index contributed by atoms with van der Waals surface area (Å²) in [6, 6.07) is 13.8. The Hall–Kier alpha value is -3.08. The molecular weight excluding hydrogens is 392 g/mol. The predicted molar refractivity (Wildman–Crippen MR) is 112 cm³/mol. The van der Waals surface area contributed by atoms with E-state index in [-0.39, 0.29) is 24.9 Å². The number of hydrogen-bond acceptors (Lipinski definition) is 4.